The van der Waals surface area contributed by atoms with E-state index in [0.717, 1.165) is 48.6 Å². The van der Waals surface area contributed by atoms with E-state index in [9.17, 15) is 9.90 Å². The molecule has 1 aromatic heterocycles. The minimum absolute atomic E-state index is 0.443. The van der Waals surface area contributed by atoms with Crippen molar-refractivity contribution in [2.45, 2.75) is 45.4 Å². The average molecular weight is 294 g/mol. The summed E-state index contributed by atoms with van der Waals surface area (Å²) >= 11 is 1.37. The number of aryl methyl sites for hydroxylation is 1. The predicted molar refractivity (Wildman–Crippen MR) is 80.7 cm³/mol. The summed E-state index contributed by atoms with van der Waals surface area (Å²) in [6, 6.07) is 0. The summed E-state index contributed by atoms with van der Waals surface area (Å²) in [5, 5.41) is 10.3. The maximum Gasteiger partial charge on any atom is 0.347 e. The van der Waals surface area contributed by atoms with E-state index in [1.54, 1.807) is 0 Å². The van der Waals surface area contributed by atoms with Gasteiger partial charge in [0.1, 0.15) is 4.88 Å². The van der Waals surface area contributed by atoms with Gasteiger partial charge in [-0.1, -0.05) is 24.7 Å². The fourth-order valence-corrected chi connectivity index (χ4v) is 3.47. The number of anilines is 1. The first-order valence-electron chi connectivity index (χ1n) is 7.65. The van der Waals surface area contributed by atoms with Crippen molar-refractivity contribution in [3.05, 3.63) is 10.6 Å². The van der Waals surface area contributed by atoms with Crippen molar-refractivity contribution in [1.82, 2.24) is 4.98 Å². The zero-order valence-corrected chi connectivity index (χ0v) is 12.8. The lowest BCUT2D eigenvalue weighted by Crippen LogP contribution is -2.27. The van der Waals surface area contributed by atoms with E-state index in [1.165, 1.54) is 37.0 Å². The number of carboxylic acid groups (broad SMARTS) is 1. The van der Waals surface area contributed by atoms with Gasteiger partial charge < -0.3 is 10.0 Å². The van der Waals surface area contributed by atoms with Crippen molar-refractivity contribution in [2.24, 2.45) is 11.8 Å². The molecule has 0 amide bonds. The number of nitrogens with zero attached hydrogens (tertiary/aromatic N) is 2. The SMILES string of the molecule is CCCc1nc(N(CC2CC2)CC2CC2)sc1C(=O)O. The molecule has 1 heterocycles. The van der Waals surface area contributed by atoms with E-state index < -0.39 is 5.97 Å². The van der Waals surface area contributed by atoms with Crippen LogP contribution in [0.3, 0.4) is 0 Å². The topological polar surface area (TPSA) is 53.4 Å². The van der Waals surface area contributed by atoms with Gasteiger partial charge in [-0.2, -0.15) is 0 Å². The van der Waals surface area contributed by atoms with Crippen molar-refractivity contribution in [2.75, 3.05) is 18.0 Å². The Bertz CT molecular complexity index is 478. The Balaban J connectivity index is 1.80. The molecule has 0 radical (unpaired) electrons. The average Bonchev–Trinajstić information content (AvgIpc) is 3.32. The summed E-state index contributed by atoms with van der Waals surface area (Å²) in [6.07, 6.45) is 6.98. The molecule has 3 rings (SSSR count). The third-order valence-electron chi connectivity index (χ3n) is 3.99. The maximum absolute atomic E-state index is 11.4. The lowest BCUT2D eigenvalue weighted by atomic mass is 10.2. The van der Waals surface area contributed by atoms with Gasteiger partial charge in [0, 0.05) is 13.1 Å². The highest BCUT2D eigenvalue weighted by Crippen LogP contribution is 2.37. The number of hydrogen-bond donors (Lipinski definition) is 1. The first-order chi connectivity index (χ1) is 9.67. The molecule has 5 heteroatoms. The van der Waals surface area contributed by atoms with Crippen LogP contribution in [0.4, 0.5) is 5.13 Å². The van der Waals surface area contributed by atoms with Crippen LogP contribution < -0.4 is 4.90 Å². The standard InChI is InChI=1S/C15H22N2O2S/c1-2-3-12-13(14(18)19)20-15(16-12)17(8-10-4-5-10)9-11-6-7-11/h10-11H,2-9H2,1H3,(H,18,19). The van der Waals surface area contributed by atoms with Gasteiger partial charge in [0.25, 0.3) is 0 Å². The normalized spacial score (nSPS) is 18.2. The highest BCUT2D eigenvalue weighted by atomic mass is 32.1. The summed E-state index contributed by atoms with van der Waals surface area (Å²) in [5.74, 6) is 0.788. The molecule has 2 saturated carbocycles. The van der Waals surface area contributed by atoms with Crippen LogP contribution in [0.15, 0.2) is 0 Å². The Morgan fingerprint density at radius 1 is 1.30 bits per heavy atom. The number of aromatic nitrogens is 1. The zero-order valence-electron chi connectivity index (χ0n) is 12.0. The molecule has 0 bridgehead atoms. The summed E-state index contributed by atoms with van der Waals surface area (Å²) in [6.45, 7) is 4.19. The van der Waals surface area contributed by atoms with Gasteiger partial charge in [0.15, 0.2) is 5.13 Å². The minimum atomic E-state index is -0.824. The monoisotopic (exact) mass is 294 g/mol. The Hall–Kier alpha value is -1.10. The van der Waals surface area contributed by atoms with Crippen molar-refractivity contribution < 1.29 is 9.90 Å². The molecule has 0 spiro atoms. The highest BCUT2D eigenvalue weighted by Gasteiger charge is 2.31. The lowest BCUT2D eigenvalue weighted by molar-refractivity contribution is 0.0700. The van der Waals surface area contributed by atoms with E-state index in [2.05, 4.69) is 16.8 Å². The summed E-state index contributed by atoms with van der Waals surface area (Å²) in [5.41, 5.74) is 0.775. The molecule has 20 heavy (non-hydrogen) atoms. The van der Waals surface area contributed by atoms with Crippen LogP contribution in [-0.2, 0) is 6.42 Å². The third kappa shape index (κ3) is 3.32. The second-order valence-electron chi connectivity index (χ2n) is 6.12. The van der Waals surface area contributed by atoms with Gasteiger partial charge in [-0.15, -0.1) is 0 Å². The van der Waals surface area contributed by atoms with Gasteiger partial charge in [-0.25, -0.2) is 9.78 Å². The molecule has 4 nitrogen and oxygen atoms in total. The van der Waals surface area contributed by atoms with Crippen molar-refractivity contribution >= 4 is 22.4 Å². The molecule has 110 valence electrons. The fraction of sp³-hybridized carbons (Fsp3) is 0.733. The number of carbonyl (C=O) groups is 1. The van der Waals surface area contributed by atoms with E-state index in [4.69, 9.17) is 0 Å². The van der Waals surface area contributed by atoms with E-state index in [-0.39, 0.29) is 0 Å². The first kappa shape index (κ1) is 13.9. The van der Waals surface area contributed by atoms with Crippen LogP contribution in [0.5, 0.6) is 0 Å². The molecule has 2 fully saturated rings. The zero-order chi connectivity index (χ0) is 14.1. The molecule has 2 aliphatic rings. The second kappa shape index (κ2) is 5.72. The fourth-order valence-electron chi connectivity index (χ4n) is 2.50. The Morgan fingerprint density at radius 3 is 2.35 bits per heavy atom. The van der Waals surface area contributed by atoms with E-state index in [0.29, 0.717) is 4.88 Å². The molecule has 1 aromatic rings. The van der Waals surface area contributed by atoms with E-state index in [1.807, 2.05) is 0 Å². The van der Waals surface area contributed by atoms with Crippen molar-refractivity contribution in [1.29, 1.82) is 0 Å². The third-order valence-corrected chi connectivity index (χ3v) is 5.14. The van der Waals surface area contributed by atoms with Crippen LogP contribution in [-0.4, -0.2) is 29.1 Å². The number of hydrogen-bond acceptors (Lipinski definition) is 4. The van der Waals surface area contributed by atoms with Crippen LogP contribution >= 0.6 is 11.3 Å². The van der Waals surface area contributed by atoms with Crippen molar-refractivity contribution in [3.8, 4) is 0 Å². The summed E-state index contributed by atoms with van der Waals surface area (Å²) < 4.78 is 0. The molecule has 0 atom stereocenters. The van der Waals surface area contributed by atoms with Crippen LogP contribution in [0.2, 0.25) is 0 Å². The summed E-state index contributed by atoms with van der Waals surface area (Å²) in [4.78, 5) is 18.8. The van der Waals surface area contributed by atoms with Crippen molar-refractivity contribution in [3.63, 3.8) is 0 Å². The number of thiazole rings is 1. The first-order valence-corrected chi connectivity index (χ1v) is 8.47. The predicted octanol–water partition coefficient (Wildman–Crippen LogP) is 3.42. The molecule has 0 aromatic carbocycles. The number of rotatable bonds is 8. The number of aromatic carboxylic acids is 1. The number of carboxylic acids is 1. The molecular formula is C15H22N2O2S. The minimum Gasteiger partial charge on any atom is -0.477 e. The van der Waals surface area contributed by atoms with E-state index >= 15 is 0 Å². The van der Waals surface area contributed by atoms with Crippen LogP contribution in [0.25, 0.3) is 0 Å². The van der Waals surface area contributed by atoms with Gasteiger partial charge in [-0.05, 0) is 43.9 Å². The molecule has 1 N–H and O–H groups in total. The van der Waals surface area contributed by atoms with Gasteiger partial charge in [0.2, 0.25) is 0 Å². The van der Waals surface area contributed by atoms with Crippen LogP contribution in [0, 0.1) is 11.8 Å². The molecule has 2 aliphatic carbocycles. The highest BCUT2D eigenvalue weighted by molar-refractivity contribution is 7.17. The molecule has 0 saturated heterocycles. The van der Waals surface area contributed by atoms with Gasteiger partial charge in [0.05, 0.1) is 5.69 Å². The Kier molecular flexibility index (Phi) is 3.96. The molecular weight excluding hydrogens is 272 g/mol. The summed E-state index contributed by atoms with van der Waals surface area (Å²) in [7, 11) is 0. The molecule has 0 unspecified atom stereocenters. The quantitative estimate of drug-likeness (QED) is 0.798. The maximum atomic E-state index is 11.4. The van der Waals surface area contributed by atoms with Gasteiger partial charge >= 0.3 is 5.97 Å². The second-order valence-corrected chi connectivity index (χ2v) is 7.10. The lowest BCUT2D eigenvalue weighted by Gasteiger charge is -2.21. The largest absolute Gasteiger partial charge is 0.477 e. The Labute approximate surface area is 123 Å². The smallest absolute Gasteiger partial charge is 0.347 e. The van der Waals surface area contributed by atoms with Crippen LogP contribution in [0.1, 0.15) is 54.4 Å². The Morgan fingerprint density at radius 2 is 1.90 bits per heavy atom. The van der Waals surface area contributed by atoms with Gasteiger partial charge in [-0.3, -0.25) is 0 Å². The molecule has 0 aliphatic heterocycles.